The van der Waals surface area contributed by atoms with Gasteiger partial charge < -0.3 is 15.1 Å². The highest BCUT2D eigenvalue weighted by molar-refractivity contribution is 7.80. The quantitative estimate of drug-likeness (QED) is 0.834. The van der Waals surface area contributed by atoms with E-state index in [1.807, 2.05) is 0 Å². The van der Waals surface area contributed by atoms with Crippen LogP contribution < -0.4 is 5.32 Å². The Morgan fingerprint density at radius 1 is 1.04 bits per heavy atom. The van der Waals surface area contributed by atoms with E-state index in [1.54, 1.807) is 0 Å². The van der Waals surface area contributed by atoms with Gasteiger partial charge in [0.25, 0.3) is 0 Å². The van der Waals surface area contributed by atoms with Crippen molar-refractivity contribution in [3.8, 4) is 0 Å². The van der Waals surface area contributed by atoms with Gasteiger partial charge in [0.1, 0.15) is 0 Å². The molecule has 3 rings (SSSR count). The molecule has 0 bridgehead atoms. The number of benzene rings is 2. The van der Waals surface area contributed by atoms with E-state index in [1.165, 1.54) is 16.7 Å². The first-order chi connectivity index (χ1) is 11.5. The van der Waals surface area contributed by atoms with E-state index >= 15 is 0 Å². The number of aryl methyl sites for hydroxylation is 2. The topological polar surface area (TPSA) is 18.5 Å². The van der Waals surface area contributed by atoms with E-state index in [9.17, 15) is 0 Å². The van der Waals surface area contributed by atoms with Crippen LogP contribution in [0, 0.1) is 13.8 Å². The summed E-state index contributed by atoms with van der Waals surface area (Å²) in [6, 6.07) is 17.4. The van der Waals surface area contributed by atoms with Gasteiger partial charge in [-0.1, -0.05) is 36.4 Å². The Kier molecular flexibility index (Phi) is 5.17. The summed E-state index contributed by atoms with van der Waals surface area (Å²) in [5.74, 6) is 0. The van der Waals surface area contributed by atoms with Crippen molar-refractivity contribution in [2.75, 3.05) is 32.0 Å². The molecule has 0 aromatic heterocycles. The van der Waals surface area contributed by atoms with Gasteiger partial charge in [-0.2, -0.15) is 0 Å². The van der Waals surface area contributed by atoms with Gasteiger partial charge in [-0.25, -0.2) is 0 Å². The van der Waals surface area contributed by atoms with E-state index in [-0.39, 0.29) is 6.04 Å². The molecule has 1 N–H and O–H groups in total. The molecule has 0 aliphatic carbocycles. The van der Waals surface area contributed by atoms with Crippen molar-refractivity contribution in [3.05, 3.63) is 65.2 Å². The molecule has 1 aliphatic heterocycles. The van der Waals surface area contributed by atoms with Crippen LogP contribution in [0.1, 0.15) is 22.7 Å². The summed E-state index contributed by atoms with van der Waals surface area (Å²) in [7, 11) is 2.17. The molecule has 0 radical (unpaired) electrons. The van der Waals surface area contributed by atoms with Crippen LogP contribution in [0.3, 0.4) is 0 Å². The summed E-state index contributed by atoms with van der Waals surface area (Å²) < 4.78 is 0. The zero-order valence-electron chi connectivity index (χ0n) is 14.6. The Bertz CT molecular complexity index is 694. The van der Waals surface area contributed by atoms with Crippen LogP contribution >= 0.6 is 12.2 Å². The van der Waals surface area contributed by atoms with E-state index in [0.29, 0.717) is 0 Å². The maximum atomic E-state index is 5.75. The fraction of sp³-hybridized carbons (Fsp3) is 0.350. The molecule has 2 aromatic carbocycles. The molecular weight excluding hydrogens is 314 g/mol. The first-order valence-corrected chi connectivity index (χ1v) is 8.83. The highest BCUT2D eigenvalue weighted by Crippen LogP contribution is 2.26. The second kappa shape index (κ2) is 7.32. The first kappa shape index (κ1) is 16.9. The van der Waals surface area contributed by atoms with Crippen molar-refractivity contribution in [1.82, 2.24) is 9.80 Å². The molecule has 3 nitrogen and oxygen atoms in total. The molecule has 4 heteroatoms. The van der Waals surface area contributed by atoms with E-state index in [2.05, 4.69) is 84.5 Å². The van der Waals surface area contributed by atoms with E-state index in [0.717, 1.165) is 30.4 Å². The van der Waals surface area contributed by atoms with E-state index < -0.39 is 0 Å². The summed E-state index contributed by atoms with van der Waals surface area (Å²) in [6.07, 6.45) is 0. The number of thiocarbonyl (C=S) groups is 1. The lowest BCUT2D eigenvalue weighted by Crippen LogP contribution is -2.50. The fourth-order valence-electron chi connectivity index (χ4n) is 3.37. The SMILES string of the molecule is Cc1cc(C)cc(NC(=S)N2CCN(C)C[C@H]2c2ccccc2)c1. The molecule has 1 saturated heterocycles. The summed E-state index contributed by atoms with van der Waals surface area (Å²) in [6.45, 7) is 7.18. The van der Waals surface area contributed by atoms with Gasteiger partial charge in [-0.15, -0.1) is 0 Å². The Hall–Kier alpha value is -1.91. The zero-order chi connectivity index (χ0) is 17.1. The number of hydrogen-bond donors (Lipinski definition) is 1. The minimum absolute atomic E-state index is 0.288. The van der Waals surface area contributed by atoms with Gasteiger partial charge in [0.2, 0.25) is 0 Å². The van der Waals surface area contributed by atoms with Gasteiger partial charge in [-0.05, 0) is 61.9 Å². The van der Waals surface area contributed by atoms with Crippen LogP contribution in [-0.4, -0.2) is 41.6 Å². The number of nitrogens with one attached hydrogen (secondary N) is 1. The van der Waals surface area contributed by atoms with Crippen LogP contribution in [-0.2, 0) is 0 Å². The summed E-state index contributed by atoms with van der Waals surface area (Å²) in [5, 5.41) is 4.25. The molecule has 1 heterocycles. The number of rotatable bonds is 2. The molecule has 1 fully saturated rings. The number of nitrogens with zero attached hydrogens (tertiary/aromatic N) is 2. The highest BCUT2D eigenvalue weighted by atomic mass is 32.1. The van der Waals surface area contributed by atoms with Crippen LogP contribution in [0.15, 0.2) is 48.5 Å². The second-order valence-electron chi connectivity index (χ2n) is 6.69. The molecule has 1 aliphatic rings. The Labute approximate surface area is 150 Å². The standard InChI is InChI=1S/C20H25N3S/c1-15-11-16(2)13-18(12-15)21-20(24)23-10-9-22(3)14-19(23)17-7-5-4-6-8-17/h4-8,11-13,19H,9-10,14H2,1-3H3,(H,21,24)/t19-/m0/s1. The van der Waals surface area contributed by atoms with Crippen LogP contribution in [0.25, 0.3) is 0 Å². The van der Waals surface area contributed by atoms with Crippen LogP contribution in [0.5, 0.6) is 0 Å². The molecule has 2 aromatic rings. The number of hydrogen-bond acceptors (Lipinski definition) is 2. The number of anilines is 1. The van der Waals surface area contributed by atoms with Crippen molar-refractivity contribution in [2.45, 2.75) is 19.9 Å². The Morgan fingerprint density at radius 2 is 1.71 bits per heavy atom. The van der Waals surface area contributed by atoms with Crippen LogP contribution in [0.4, 0.5) is 5.69 Å². The van der Waals surface area contributed by atoms with Crippen molar-refractivity contribution in [1.29, 1.82) is 0 Å². The maximum absolute atomic E-state index is 5.75. The molecule has 0 saturated carbocycles. The second-order valence-corrected chi connectivity index (χ2v) is 7.08. The van der Waals surface area contributed by atoms with Gasteiger partial charge in [0.15, 0.2) is 5.11 Å². The molecule has 0 spiro atoms. The number of likely N-dealkylation sites (N-methyl/N-ethyl adjacent to an activating group) is 1. The number of piperazine rings is 1. The summed E-state index contributed by atoms with van der Waals surface area (Å²) >= 11 is 5.75. The molecule has 0 unspecified atom stereocenters. The molecular formula is C20H25N3S. The maximum Gasteiger partial charge on any atom is 0.174 e. The third-order valence-corrected chi connectivity index (χ3v) is 4.84. The lowest BCUT2D eigenvalue weighted by Gasteiger charge is -2.41. The minimum atomic E-state index is 0.288. The van der Waals surface area contributed by atoms with Crippen molar-refractivity contribution in [3.63, 3.8) is 0 Å². The summed E-state index contributed by atoms with van der Waals surface area (Å²) in [4.78, 5) is 4.69. The largest absolute Gasteiger partial charge is 0.339 e. The average molecular weight is 340 g/mol. The van der Waals surface area contributed by atoms with Crippen LogP contribution in [0.2, 0.25) is 0 Å². The summed E-state index contributed by atoms with van der Waals surface area (Å²) in [5.41, 5.74) is 4.88. The lowest BCUT2D eigenvalue weighted by molar-refractivity contribution is 0.153. The van der Waals surface area contributed by atoms with Gasteiger partial charge in [0.05, 0.1) is 6.04 Å². The fourth-order valence-corrected chi connectivity index (χ4v) is 3.70. The van der Waals surface area contributed by atoms with Gasteiger partial charge in [-0.3, -0.25) is 0 Å². The van der Waals surface area contributed by atoms with Gasteiger partial charge in [0, 0.05) is 25.3 Å². The van der Waals surface area contributed by atoms with E-state index in [4.69, 9.17) is 12.2 Å². The molecule has 24 heavy (non-hydrogen) atoms. The third kappa shape index (κ3) is 3.94. The predicted octanol–water partition coefficient (Wildman–Crippen LogP) is 3.99. The lowest BCUT2D eigenvalue weighted by atomic mass is 10.0. The Morgan fingerprint density at radius 3 is 2.38 bits per heavy atom. The van der Waals surface area contributed by atoms with Crippen molar-refractivity contribution in [2.24, 2.45) is 0 Å². The zero-order valence-corrected chi connectivity index (χ0v) is 15.4. The molecule has 0 amide bonds. The monoisotopic (exact) mass is 339 g/mol. The molecule has 126 valence electrons. The van der Waals surface area contributed by atoms with Gasteiger partial charge >= 0.3 is 0 Å². The first-order valence-electron chi connectivity index (χ1n) is 8.42. The third-order valence-electron chi connectivity index (χ3n) is 4.50. The normalized spacial score (nSPS) is 18.5. The smallest absolute Gasteiger partial charge is 0.174 e. The Balaban J connectivity index is 1.81. The highest BCUT2D eigenvalue weighted by Gasteiger charge is 2.28. The van der Waals surface area contributed by atoms with Crippen molar-refractivity contribution >= 4 is 23.0 Å². The predicted molar refractivity (Wildman–Crippen MR) is 106 cm³/mol. The van der Waals surface area contributed by atoms with Crippen molar-refractivity contribution < 1.29 is 0 Å². The molecule has 1 atom stereocenters. The average Bonchev–Trinajstić information content (AvgIpc) is 2.54. The minimum Gasteiger partial charge on any atom is -0.339 e.